The van der Waals surface area contributed by atoms with Crippen LogP contribution in [0.1, 0.15) is 11.3 Å². The molecule has 0 radical (unpaired) electrons. The lowest BCUT2D eigenvalue weighted by molar-refractivity contribution is 0.517. The van der Waals surface area contributed by atoms with Crippen molar-refractivity contribution in [2.75, 3.05) is 17.2 Å². The summed E-state index contributed by atoms with van der Waals surface area (Å²) in [5.41, 5.74) is 1.05. The van der Waals surface area contributed by atoms with Crippen LogP contribution in [-0.4, -0.2) is 21.7 Å². The average Bonchev–Trinajstić information content (AvgIpc) is 3.09. The lowest BCUT2D eigenvalue weighted by atomic mass is 10.1. The molecule has 2 heterocycles. The van der Waals surface area contributed by atoms with Gasteiger partial charge in [-0.25, -0.2) is 4.39 Å². The molecule has 118 valence electrons. The van der Waals surface area contributed by atoms with Gasteiger partial charge in [0.25, 0.3) is 0 Å². The zero-order valence-electron chi connectivity index (χ0n) is 12.4. The highest BCUT2D eigenvalue weighted by molar-refractivity contribution is 5.37. The van der Waals surface area contributed by atoms with Crippen molar-refractivity contribution in [3.63, 3.8) is 0 Å². The van der Waals surface area contributed by atoms with Crippen molar-refractivity contribution in [3.05, 3.63) is 66.0 Å². The molecular weight excluding hydrogens is 297 g/mol. The SMILES string of the molecule is Fc1ccc(CCNc2cnnc(NCc3ccco3)n2)cc1. The highest BCUT2D eigenvalue weighted by Gasteiger charge is 2.02. The van der Waals surface area contributed by atoms with Gasteiger partial charge in [0.2, 0.25) is 5.95 Å². The molecule has 6 nitrogen and oxygen atoms in total. The summed E-state index contributed by atoms with van der Waals surface area (Å²) >= 11 is 0. The lowest BCUT2D eigenvalue weighted by Gasteiger charge is -2.07. The van der Waals surface area contributed by atoms with E-state index in [4.69, 9.17) is 4.42 Å². The second-order valence-corrected chi connectivity index (χ2v) is 4.90. The van der Waals surface area contributed by atoms with Gasteiger partial charge in [0, 0.05) is 6.54 Å². The van der Waals surface area contributed by atoms with E-state index in [0.717, 1.165) is 17.7 Å². The molecule has 1 aromatic carbocycles. The van der Waals surface area contributed by atoms with Crippen LogP contribution < -0.4 is 10.6 Å². The van der Waals surface area contributed by atoms with Crippen LogP contribution >= 0.6 is 0 Å². The largest absolute Gasteiger partial charge is 0.467 e. The third-order valence-electron chi connectivity index (χ3n) is 3.19. The number of aromatic nitrogens is 3. The van der Waals surface area contributed by atoms with Crippen molar-refractivity contribution in [1.29, 1.82) is 0 Å². The fraction of sp³-hybridized carbons (Fsp3) is 0.188. The Hall–Kier alpha value is -2.96. The summed E-state index contributed by atoms with van der Waals surface area (Å²) in [5, 5.41) is 14.0. The fourth-order valence-corrected chi connectivity index (χ4v) is 2.03. The normalized spacial score (nSPS) is 10.5. The molecule has 0 bridgehead atoms. The summed E-state index contributed by atoms with van der Waals surface area (Å²) in [6.45, 7) is 1.16. The Morgan fingerprint density at radius 3 is 2.74 bits per heavy atom. The number of nitrogens with one attached hydrogen (secondary N) is 2. The number of hydrogen-bond acceptors (Lipinski definition) is 6. The Morgan fingerprint density at radius 1 is 1.09 bits per heavy atom. The van der Waals surface area contributed by atoms with Gasteiger partial charge >= 0.3 is 0 Å². The fourth-order valence-electron chi connectivity index (χ4n) is 2.03. The van der Waals surface area contributed by atoms with E-state index in [0.29, 0.717) is 24.9 Å². The van der Waals surface area contributed by atoms with Crippen LogP contribution in [0.4, 0.5) is 16.2 Å². The second kappa shape index (κ2) is 7.35. The van der Waals surface area contributed by atoms with Gasteiger partial charge in [-0.05, 0) is 36.2 Å². The van der Waals surface area contributed by atoms with E-state index in [1.807, 2.05) is 12.1 Å². The smallest absolute Gasteiger partial charge is 0.245 e. The van der Waals surface area contributed by atoms with Gasteiger partial charge in [0.15, 0.2) is 5.82 Å². The van der Waals surface area contributed by atoms with Crippen LogP contribution in [0.2, 0.25) is 0 Å². The first-order valence-corrected chi connectivity index (χ1v) is 7.24. The molecular formula is C16H16FN5O. The van der Waals surface area contributed by atoms with Crippen molar-refractivity contribution in [2.24, 2.45) is 0 Å². The standard InChI is InChI=1S/C16H16FN5O/c17-13-5-3-12(4-6-13)7-8-18-15-11-20-22-16(21-15)19-10-14-2-1-9-23-14/h1-6,9,11H,7-8,10H2,(H2,18,19,21,22). The van der Waals surface area contributed by atoms with Crippen LogP contribution in [0.3, 0.4) is 0 Å². The minimum atomic E-state index is -0.228. The number of furan rings is 1. The zero-order chi connectivity index (χ0) is 15.9. The molecule has 0 saturated carbocycles. The molecule has 3 rings (SSSR count). The lowest BCUT2D eigenvalue weighted by Crippen LogP contribution is -2.10. The van der Waals surface area contributed by atoms with Gasteiger partial charge in [-0.2, -0.15) is 10.1 Å². The van der Waals surface area contributed by atoms with Gasteiger partial charge < -0.3 is 15.1 Å². The van der Waals surface area contributed by atoms with E-state index in [1.54, 1.807) is 24.6 Å². The predicted molar refractivity (Wildman–Crippen MR) is 84.5 cm³/mol. The zero-order valence-corrected chi connectivity index (χ0v) is 12.4. The van der Waals surface area contributed by atoms with Crippen LogP contribution in [0.5, 0.6) is 0 Å². The number of halogens is 1. The van der Waals surface area contributed by atoms with E-state index in [2.05, 4.69) is 25.8 Å². The first-order valence-electron chi connectivity index (χ1n) is 7.24. The monoisotopic (exact) mass is 313 g/mol. The van der Waals surface area contributed by atoms with E-state index < -0.39 is 0 Å². The van der Waals surface area contributed by atoms with Crippen molar-refractivity contribution in [3.8, 4) is 0 Å². The average molecular weight is 313 g/mol. The van der Waals surface area contributed by atoms with E-state index in [1.165, 1.54) is 12.1 Å². The van der Waals surface area contributed by atoms with E-state index in [-0.39, 0.29) is 5.82 Å². The third kappa shape index (κ3) is 4.50. The Morgan fingerprint density at radius 2 is 1.96 bits per heavy atom. The summed E-state index contributed by atoms with van der Waals surface area (Å²) in [4.78, 5) is 4.32. The molecule has 0 aliphatic carbocycles. The van der Waals surface area contributed by atoms with Gasteiger partial charge in [0.1, 0.15) is 11.6 Å². The summed E-state index contributed by atoms with van der Waals surface area (Å²) in [6, 6.07) is 10.1. The van der Waals surface area contributed by atoms with Crippen LogP contribution in [0.25, 0.3) is 0 Å². The summed E-state index contributed by atoms with van der Waals surface area (Å²) in [6.07, 6.45) is 3.94. The van der Waals surface area contributed by atoms with Crippen LogP contribution in [-0.2, 0) is 13.0 Å². The Bertz CT molecular complexity index is 730. The second-order valence-electron chi connectivity index (χ2n) is 4.90. The van der Waals surface area contributed by atoms with Gasteiger partial charge in [-0.1, -0.05) is 12.1 Å². The number of rotatable bonds is 7. The van der Waals surface area contributed by atoms with E-state index in [9.17, 15) is 4.39 Å². The molecule has 0 unspecified atom stereocenters. The minimum absolute atomic E-state index is 0.228. The Kier molecular flexibility index (Phi) is 4.78. The third-order valence-corrected chi connectivity index (χ3v) is 3.19. The minimum Gasteiger partial charge on any atom is -0.467 e. The topological polar surface area (TPSA) is 75.9 Å². The molecule has 0 saturated heterocycles. The van der Waals surface area contributed by atoms with Crippen molar-refractivity contribution in [2.45, 2.75) is 13.0 Å². The molecule has 2 N–H and O–H groups in total. The Balaban J connectivity index is 1.50. The maximum Gasteiger partial charge on any atom is 0.245 e. The molecule has 3 aromatic rings. The Labute approximate surface area is 132 Å². The maximum atomic E-state index is 12.8. The van der Waals surface area contributed by atoms with Gasteiger partial charge in [-0.3, -0.25) is 0 Å². The van der Waals surface area contributed by atoms with Gasteiger partial charge in [0.05, 0.1) is 19.0 Å². The molecule has 7 heteroatoms. The molecule has 0 atom stereocenters. The highest BCUT2D eigenvalue weighted by Crippen LogP contribution is 2.08. The number of benzene rings is 1. The first-order chi connectivity index (χ1) is 11.3. The number of anilines is 2. The number of nitrogens with zero attached hydrogens (tertiary/aromatic N) is 3. The number of hydrogen-bond donors (Lipinski definition) is 2. The molecule has 0 amide bonds. The molecule has 0 spiro atoms. The highest BCUT2D eigenvalue weighted by atomic mass is 19.1. The predicted octanol–water partition coefficient (Wildman–Crippen LogP) is 2.87. The molecule has 23 heavy (non-hydrogen) atoms. The molecule has 0 aliphatic rings. The first kappa shape index (κ1) is 15.0. The van der Waals surface area contributed by atoms with Crippen LogP contribution in [0.15, 0.2) is 53.3 Å². The van der Waals surface area contributed by atoms with E-state index >= 15 is 0 Å². The van der Waals surface area contributed by atoms with Crippen molar-refractivity contribution in [1.82, 2.24) is 15.2 Å². The molecule has 2 aromatic heterocycles. The summed E-state index contributed by atoms with van der Waals surface area (Å²) in [7, 11) is 0. The summed E-state index contributed by atoms with van der Waals surface area (Å²) in [5.74, 6) is 1.62. The van der Waals surface area contributed by atoms with Crippen molar-refractivity contribution < 1.29 is 8.81 Å². The maximum absolute atomic E-state index is 12.8. The summed E-state index contributed by atoms with van der Waals surface area (Å²) < 4.78 is 18.1. The van der Waals surface area contributed by atoms with Crippen LogP contribution in [0, 0.1) is 5.82 Å². The molecule has 0 aliphatic heterocycles. The quantitative estimate of drug-likeness (QED) is 0.698. The van der Waals surface area contributed by atoms with Gasteiger partial charge in [-0.15, -0.1) is 5.10 Å². The molecule has 0 fully saturated rings. The van der Waals surface area contributed by atoms with Crippen molar-refractivity contribution >= 4 is 11.8 Å².